The second-order valence-electron chi connectivity index (χ2n) is 9.93. The minimum Gasteiger partial charge on any atom is -0.490 e. The van der Waals surface area contributed by atoms with Crippen LogP contribution in [-0.2, 0) is 9.47 Å². The van der Waals surface area contributed by atoms with E-state index >= 15 is 4.39 Å². The fourth-order valence-corrected chi connectivity index (χ4v) is 4.76. The third kappa shape index (κ3) is 7.52. The Hall–Kier alpha value is -3.09. The third-order valence-electron chi connectivity index (χ3n) is 7.05. The van der Waals surface area contributed by atoms with E-state index in [-0.39, 0.29) is 29.3 Å². The molecule has 0 bridgehead atoms. The highest BCUT2D eigenvalue weighted by Gasteiger charge is 2.23. The highest BCUT2D eigenvalue weighted by Crippen LogP contribution is 2.33. The number of ether oxygens (including phenoxy) is 3. The van der Waals surface area contributed by atoms with E-state index in [9.17, 15) is 8.78 Å². The summed E-state index contributed by atoms with van der Waals surface area (Å²) in [4.78, 5) is 0. The van der Waals surface area contributed by atoms with Crippen LogP contribution in [0.3, 0.4) is 0 Å². The van der Waals surface area contributed by atoms with E-state index in [1.165, 1.54) is 37.5 Å². The Morgan fingerprint density at radius 2 is 1.44 bits per heavy atom. The molecule has 1 fully saturated rings. The summed E-state index contributed by atoms with van der Waals surface area (Å²) in [6.45, 7) is 5.33. The Morgan fingerprint density at radius 3 is 2.10 bits per heavy atom. The largest absolute Gasteiger partial charge is 0.490 e. The summed E-state index contributed by atoms with van der Waals surface area (Å²) in [6, 6.07) is 14.9. The normalized spacial score (nSPS) is 17.6. The predicted octanol–water partition coefficient (Wildman–Crippen LogP) is 9.21. The zero-order valence-electron chi connectivity index (χ0n) is 22.7. The Morgan fingerprint density at radius 1 is 0.795 bits per heavy atom. The van der Waals surface area contributed by atoms with Gasteiger partial charge in [-0.15, -0.1) is 0 Å². The van der Waals surface area contributed by atoms with Crippen molar-refractivity contribution in [3.8, 4) is 28.0 Å². The van der Waals surface area contributed by atoms with Gasteiger partial charge in [0.1, 0.15) is 5.82 Å². The predicted molar refractivity (Wildman–Crippen MR) is 149 cm³/mol. The summed E-state index contributed by atoms with van der Waals surface area (Å²) in [5.74, 6) is -2.42. The Balaban J connectivity index is 1.39. The molecular formula is C33H37F3O3. The molecule has 4 rings (SSSR count). The van der Waals surface area contributed by atoms with Gasteiger partial charge in [-0.05, 0) is 54.3 Å². The van der Waals surface area contributed by atoms with E-state index in [1.54, 1.807) is 30.3 Å². The van der Waals surface area contributed by atoms with Crippen LogP contribution in [0.25, 0.3) is 22.3 Å². The van der Waals surface area contributed by atoms with Gasteiger partial charge >= 0.3 is 0 Å². The maximum atomic E-state index is 15.1. The molecule has 3 aromatic rings. The van der Waals surface area contributed by atoms with Crippen LogP contribution in [-0.4, -0.2) is 26.1 Å². The van der Waals surface area contributed by atoms with Gasteiger partial charge in [-0.2, -0.15) is 4.39 Å². The zero-order valence-corrected chi connectivity index (χ0v) is 22.7. The second-order valence-corrected chi connectivity index (χ2v) is 9.93. The van der Waals surface area contributed by atoms with Crippen molar-refractivity contribution in [3.05, 3.63) is 89.8 Å². The minimum absolute atomic E-state index is 0.0481. The van der Waals surface area contributed by atoms with Gasteiger partial charge < -0.3 is 14.2 Å². The highest BCUT2D eigenvalue weighted by molar-refractivity contribution is 5.71. The first-order valence-corrected chi connectivity index (χ1v) is 13.9. The van der Waals surface area contributed by atoms with E-state index in [0.717, 1.165) is 24.8 Å². The lowest BCUT2D eigenvalue weighted by Crippen LogP contribution is -2.29. The van der Waals surface area contributed by atoms with Crippen molar-refractivity contribution >= 4 is 0 Å². The van der Waals surface area contributed by atoms with Crippen LogP contribution in [0, 0.1) is 17.5 Å². The molecule has 1 aliphatic rings. The quantitative estimate of drug-likeness (QED) is 0.170. The third-order valence-corrected chi connectivity index (χ3v) is 7.05. The second kappa shape index (κ2) is 14.3. The topological polar surface area (TPSA) is 27.7 Å². The molecule has 0 radical (unpaired) electrons. The van der Waals surface area contributed by atoms with Gasteiger partial charge in [0.05, 0.1) is 19.8 Å². The molecule has 0 saturated carbocycles. The summed E-state index contributed by atoms with van der Waals surface area (Å²) in [7, 11) is 0. The number of allylic oxidation sites excluding steroid dienone is 1. The number of benzene rings is 3. The van der Waals surface area contributed by atoms with Gasteiger partial charge in [-0.25, -0.2) is 8.78 Å². The molecule has 208 valence electrons. The molecule has 0 spiro atoms. The molecule has 39 heavy (non-hydrogen) atoms. The van der Waals surface area contributed by atoms with E-state index in [4.69, 9.17) is 14.2 Å². The van der Waals surface area contributed by atoms with Gasteiger partial charge in [0.2, 0.25) is 5.82 Å². The summed E-state index contributed by atoms with van der Waals surface area (Å²) in [5, 5.41) is 0. The molecule has 3 aromatic carbocycles. The van der Waals surface area contributed by atoms with Crippen LogP contribution >= 0.6 is 0 Å². The molecule has 0 amide bonds. The summed E-state index contributed by atoms with van der Waals surface area (Å²) in [5.41, 5.74) is 2.52. The summed E-state index contributed by atoms with van der Waals surface area (Å²) in [6.07, 6.45) is 9.89. The first-order valence-electron chi connectivity index (χ1n) is 13.9. The molecule has 0 atom stereocenters. The number of unbranched alkanes of at least 4 members (excludes halogenated alkanes) is 5. The van der Waals surface area contributed by atoms with Crippen molar-refractivity contribution in [2.24, 2.45) is 0 Å². The van der Waals surface area contributed by atoms with Crippen LogP contribution in [0.4, 0.5) is 13.2 Å². The number of halogens is 3. The van der Waals surface area contributed by atoms with Crippen molar-refractivity contribution in [2.45, 2.75) is 64.6 Å². The van der Waals surface area contributed by atoms with Crippen LogP contribution in [0.1, 0.15) is 63.9 Å². The van der Waals surface area contributed by atoms with Crippen molar-refractivity contribution in [3.63, 3.8) is 0 Å². The number of hydrogen-bond donors (Lipinski definition) is 0. The maximum absolute atomic E-state index is 15.1. The molecule has 6 heteroatoms. The standard InChI is InChI=1S/C33H37F3O3/c1-3-5-6-7-8-9-19-37-30-18-17-28(32(35)33(30)36)24-13-11-23(12-14-24)27-16-15-25(20-29(27)34)26-21-38-31(10-4-2)39-22-26/h4,10-18,20,26,31H,3,5-9,19,21-22H2,1-2H3. The number of rotatable bonds is 12. The Bertz CT molecular complexity index is 1230. The lowest BCUT2D eigenvalue weighted by molar-refractivity contribution is -0.159. The van der Waals surface area contributed by atoms with Crippen LogP contribution in [0.5, 0.6) is 5.75 Å². The highest BCUT2D eigenvalue weighted by atomic mass is 19.2. The molecule has 0 aliphatic carbocycles. The molecule has 1 aliphatic heterocycles. The smallest absolute Gasteiger partial charge is 0.201 e. The SMILES string of the molecule is CC=CC1OCC(c2ccc(-c3ccc(-c4ccc(OCCCCCCCC)c(F)c4F)cc3)c(F)c2)CO1. The molecule has 0 aromatic heterocycles. The molecular weight excluding hydrogens is 501 g/mol. The Kier molecular flexibility index (Phi) is 10.6. The van der Waals surface area contributed by atoms with Crippen molar-refractivity contribution in [1.29, 1.82) is 0 Å². The van der Waals surface area contributed by atoms with Crippen molar-refractivity contribution < 1.29 is 27.4 Å². The fraction of sp³-hybridized carbons (Fsp3) is 0.394. The first-order chi connectivity index (χ1) is 19.0. The molecule has 1 saturated heterocycles. The molecule has 0 unspecified atom stereocenters. The lowest BCUT2D eigenvalue weighted by Gasteiger charge is -2.28. The molecule has 0 N–H and O–H groups in total. The average Bonchev–Trinajstić information content (AvgIpc) is 2.95. The number of hydrogen-bond acceptors (Lipinski definition) is 3. The Labute approximate surface area is 229 Å². The summed E-state index contributed by atoms with van der Waals surface area (Å²) >= 11 is 0. The van der Waals surface area contributed by atoms with E-state index < -0.39 is 11.6 Å². The van der Waals surface area contributed by atoms with Gasteiger partial charge in [0, 0.05) is 17.0 Å². The van der Waals surface area contributed by atoms with Gasteiger partial charge in [-0.3, -0.25) is 0 Å². The van der Waals surface area contributed by atoms with E-state index in [2.05, 4.69) is 6.92 Å². The minimum atomic E-state index is -0.989. The maximum Gasteiger partial charge on any atom is 0.201 e. The van der Waals surface area contributed by atoms with Gasteiger partial charge in [-0.1, -0.05) is 81.5 Å². The van der Waals surface area contributed by atoms with Crippen molar-refractivity contribution in [1.82, 2.24) is 0 Å². The monoisotopic (exact) mass is 538 g/mol. The van der Waals surface area contributed by atoms with Crippen LogP contribution in [0.2, 0.25) is 0 Å². The molecule has 1 heterocycles. The lowest BCUT2D eigenvalue weighted by atomic mass is 9.95. The molecule has 3 nitrogen and oxygen atoms in total. The van der Waals surface area contributed by atoms with Gasteiger partial charge in [0.15, 0.2) is 17.9 Å². The fourth-order valence-electron chi connectivity index (χ4n) is 4.76. The summed E-state index contributed by atoms with van der Waals surface area (Å²) < 4.78 is 61.5. The van der Waals surface area contributed by atoms with E-state index in [0.29, 0.717) is 36.5 Å². The van der Waals surface area contributed by atoms with Crippen molar-refractivity contribution in [2.75, 3.05) is 19.8 Å². The first kappa shape index (κ1) is 28.9. The van der Waals surface area contributed by atoms with E-state index in [1.807, 2.05) is 25.1 Å². The van der Waals surface area contributed by atoms with Crippen LogP contribution < -0.4 is 4.74 Å². The van der Waals surface area contributed by atoms with Crippen LogP contribution in [0.15, 0.2) is 66.7 Å². The zero-order chi connectivity index (χ0) is 27.6. The average molecular weight is 539 g/mol. The van der Waals surface area contributed by atoms with Gasteiger partial charge in [0.25, 0.3) is 0 Å².